The second kappa shape index (κ2) is 6.41. The van der Waals surface area contributed by atoms with E-state index in [9.17, 15) is 0 Å². The van der Waals surface area contributed by atoms with E-state index < -0.39 is 0 Å². The highest BCUT2D eigenvalue weighted by Gasteiger charge is 2.17. The number of hydrogen-bond acceptors (Lipinski definition) is 2. The predicted molar refractivity (Wildman–Crippen MR) is 62.6 cm³/mol. The van der Waals surface area contributed by atoms with Crippen molar-refractivity contribution in [2.45, 2.75) is 58.5 Å². The van der Waals surface area contributed by atoms with Gasteiger partial charge < -0.3 is 10.2 Å². The monoisotopic (exact) mass is 198 g/mol. The van der Waals surface area contributed by atoms with Gasteiger partial charge in [0.1, 0.15) is 0 Å². The second-order valence-electron chi connectivity index (χ2n) is 4.77. The van der Waals surface area contributed by atoms with Gasteiger partial charge in [0.25, 0.3) is 0 Å². The van der Waals surface area contributed by atoms with Crippen molar-refractivity contribution in [2.24, 2.45) is 0 Å². The van der Waals surface area contributed by atoms with Crippen molar-refractivity contribution in [1.29, 1.82) is 0 Å². The molecule has 0 spiro atoms. The van der Waals surface area contributed by atoms with Crippen LogP contribution in [0.4, 0.5) is 0 Å². The first-order valence-corrected chi connectivity index (χ1v) is 6.20. The fraction of sp³-hybridized carbons (Fsp3) is 1.00. The van der Waals surface area contributed by atoms with E-state index in [1.807, 2.05) is 0 Å². The summed E-state index contributed by atoms with van der Waals surface area (Å²) in [7, 11) is 0. The number of rotatable bonds is 4. The summed E-state index contributed by atoms with van der Waals surface area (Å²) in [4.78, 5) is 2.62. The summed E-state index contributed by atoms with van der Waals surface area (Å²) in [5, 5.41) is 3.62. The van der Waals surface area contributed by atoms with Crippen LogP contribution in [-0.4, -0.2) is 36.6 Å². The highest BCUT2D eigenvalue weighted by Crippen LogP contribution is 2.07. The molecule has 0 aliphatic carbocycles. The van der Waals surface area contributed by atoms with Gasteiger partial charge in [-0.3, -0.25) is 0 Å². The molecule has 0 aromatic rings. The van der Waals surface area contributed by atoms with Gasteiger partial charge in [0, 0.05) is 18.6 Å². The Balaban J connectivity index is 2.23. The number of nitrogens with zero attached hydrogens (tertiary/aromatic N) is 1. The first kappa shape index (κ1) is 12.0. The summed E-state index contributed by atoms with van der Waals surface area (Å²) in [6.45, 7) is 10.7. The molecule has 1 N–H and O–H groups in total. The molecule has 1 aliphatic heterocycles. The minimum absolute atomic E-state index is 0.661. The van der Waals surface area contributed by atoms with Crippen LogP contribution in [0, 0.1) is 0 Å². The van der Waals surface area contributed by atoms with Gasteiger partial charge in [0.2, 0.25) is 0 Å². The molecule has 2 heteroatoms. The molecule has 1 saturated heterocycles. The maximum atomic E-state index is 3.62. The summed E-state index contributed by atoms with van der Waals surface area (Å²) in [6, 6.07) is 1.36. The SMILES string of the molecule is CCCCCN1CCC(C)NC(C)C1. The minimum atomic E-state index is 0.661. The molecule has 2 unspecified atom stereocenters. The molecule has 1 fully saturated rings. The first-order chi connectivity index (χ1) is 6.72. The van der Waals surface area contributed by atoms with E-state index in [2.05, 4.69) is 31.0 Å². The highest BCUT2D eigenvalue weighted by atomic mass is 15.2. The maximum Gasteiger partial charge on any atom is 0.0169 e. The zero-order valence-corrected chi connectivity index (χ0v) is 10.1. The Hall–Kier alpha value is -0.0800. The summed E-state index contributed by atoms with van der Waals surface area (Å²) in [5.74, 6) is 0. The Morgan fingerprint density at radius 3 is 2.71 bits per heavy atom. The normalized spacial score (nSPS) is 30.2. The molecule has 14 heavy (non-hydrogen) atoms. The standard InChI is InChI=1S/C12H26N2/c1-4-5-6-8-14-9-7-11(2)13-12(3)10-14/h11-13H,4-10H2,1-3H3. The van der Waals surface area contributed by atoms with Crippen molar-refractivity contribution in [1.82, 2.24) is 10.2 Å². The van der Waals surface area contributed by atoms with E-state index in [-0.39, 0.29) is 0 Å². The summed E-state index contributed by atoms with van der Waals surface area (Å²) < 4.78 is 0. The number of unbranched alkanes of at least 4 members (excludes halogenated alkanes) is 2. The Kier molecular flexibility index (Phi) is 5.49. The molecular weight excluding hydrogens is 172 g/mol. The third kappa shape index (κ3) is 4.43. The van der Waals surface area contributed by atoms with E-state index in [0.29, 0.717) is 12.1 Å². The third-order valence-electron chi connectivity index (χ3n) is 3.06. The fourth-order valence-electron chi connectivity index (χ4n) is 2.27. The summed E-state index contributed by atoms with van der Waals surface area (Å²) in [5.41, 5.74) is 0. The molecule has 0 saturated carbocycles. The Bertz CT molecular complexity index is 147. The minimum Gasteiger partial charge on any atom is -0.310 e. The van der Waals surface area contributed by atoms with Crippen LogP contribution < -0.4 is 5.32 Å². The molecule has 0 aromatic carbocycles. The Labute approximate surface area is 89.1 Å². The summed E-state index contributed by atoms with van der Waals surface area (Å²) in [6.07, 6.45) is 5.39. The lowest BCUT2D eigenvalue weighted by molar-refractivity contribution is 0.267. The van der Waals surface area contributed by atoms with Gasteiger partial charge >= 0.3 is 0 Å². The topological polar surface area (TPSA) is 15.3 Å². The van der Waals surface area contributed by atoms with Crippen LogP contribution in [0.25, 0.3) is 0 Å². The predicted octanol–water partition coefficient (Wildman–Crippen LogP) is 2.25. The Morgan fingerprint density at radius 2 is 2.00 bits per heavy atom. The van der Waals surface area contributed by atoms with Crippen molar-refractivity contribution in [3.63, 3.8) is 0 Å². The van der Waals surface area contributed by atoms with Crippen molar-refractivity contribution in [3.8, 4) is 0 Å². The van der Waals surface area contributed by atoms with Gasteiger partial charge in [-0.25, -0.2) is 0 Å². The van der Waals surface area contributed by atoms with E-state index in [0.717, 1.165) is 0 Å². The smallest absolute Gasteiger partial charge is 0.0169 e. The Morgan fingerprint density at radius 1 is 1.21 bits per heavy atom. The number of hydrogen-bond donors (Lipinski definition) is 1. The third-order valence-corrected chi connectivity index (χ3v) is 3.06. The molecule has 0 aromatic heterocycles. The highest BCUT2D eigenvalue weighted by molar-refractivity contribution is 4.77. The van der Waals surface area contributed by atoms with E-state index in [1.165, 1.54) is 45.3 Å². The molecule has 1 rings (SSSR count). The fourth-order valence-corrected chi connectivity index (χ4v) is 2.27. The molecule has 0 amide bonds. The van der Waals surface area contributed by atoms with Gasteiger partial charge in [-0.2, -0.15) is 0 Å². The van der Waals surface area contributed by atoms with E-state index in [4.69, 9.17) is 0 Å². The molecule has 84 valence electrons. The van der Waals surface area contributed by atoms with Crippen LogP contribution in [0.5, 0.6) is 0 Å². The van der Waals surface area contributed by atoms with Crippen molar-refractivity contribution in [2.75, 3.05) is 19.6 Å². The molecule has 0 bridgehead atoms. The van der Waals surface area contributed by atoms with Crippen molar-refractivity contribution >= 4 is 0 Å². The zero-order valence-electron chi connectivity index (χ0n) is 10.1. The van der Waals surface area contributed by atoms with Gasteiger partial charge in [-0.05, 0) is 39.8 Å². The maximum absolute atomic E-state index is 3.62. The lowest BCUT2D eigenvalue weighted by atomic mass is 10.2. The van der Waals surface area contributed by atoms with Crippen LogP contribution in [0.2, 0.25) is 0 Å². The van der Waals surface area contributed by atoms with Crippen LogP contribution in [0.3, 0.4) is 0 Å². The van der Waals surface area contributed by atoms with Crippen LogP contribution >= 0.6 is 0 Å². The van der Waals surface area contributed by atoms with E-state index >= 15 is 0 Å². The molecule has 2 atom stereocenters. The molecule has 2 nitrogen and oxygen atoms in total. The van der Waals surface area contributed by atoms with Gasteiger partial charge in [0.05, 0.1) is 0 Å². The van der Waals surface area contributed by atoms with Crippen LogP contribution in [0.1, 0.15) is 46.5 Å². The zero-order chi connectivity index (χ0) is 10.4. The summed E-state index contributed by atoms with van der Waals surface area (Å²) >= 11 is 0. The van der Waals surface area contributed by atoms with Gasteiger partial charge in [-0.15, -0.1) is 0 Å². The van der Waals surface area contributed by atoms with Gasteiger partial charge in [0.15, 0.2) is 0 Å². The molecule has 0 radical (unpaired) electrons. The molecular formula is C12H26N2. The van der Waals surface area contributed by atoms with Crippen LogP contribution in [0.15, 0.2) is 0 Å². The van der Waals surface area contributed by atoms with Crippen molar-refractivity contribution in [3.05, 3.63) is 0 Å². The van der Waals surface area contributed by atoms with Crippen LogP contribution in [-0.2, 0) is 0 Å². The average Bonchev–Trinajstić information content (AvgIpc) is 2.28. The van der Waals surface area contributed by atoms with E-state index in [1.54, 1.807) is 0 Å². The molecule has 1 heterocycles. The lowest BCUT2D eigenvalue weighted by Crippen LogP contribution is -2.38. The lowest BCUT2D eigenvalue weighted by Gasteiger charge is -2.21. The quantitative estimate of drug-likeness (QED) is 0.697. The molecule has 1 aliphatic rings. The largest absolute Gasteiger partial charge is 0.310 e. The average molecular weight is 198 g/mol. The first-order valence-electron chi connectivity index (χ1n) is 6.20. The van der Waals surface area contributed by atoms with Crippen molar-refractivity contribution < 1.29 is 0 Å². The number of nitrogens with one attached hydrogen (secondary N) is 1. The van der Waals surface area contributed by atoms with Gasteiger partial charge in [-0.1, -0.05) is 19.8 Å². The second-order valence-corrected chi connectivity index (χ2v) is 4.77.